The molecular formula is C24H17BrFN3O4S. The van der Waals surface area contributed by atoms with Crippen molar-refractivity contribution >= 4 is 43.4 Å². The lowest BCUT2D eigenvalue weighted by Gasteiger charge is -2.26. The van der Waals surface area contributed by atoms with Gasteiger partial charge in [0.05, 0.1) is 5.69 Å². The molecule has 34 heavy (non-hydrogen) atoms. The molecule has 2 aliphatic heterocycles. The van der Waals surface area contributed by atoms with E-state index >= 15 is 0 Å². The quantitative estimate of drug-likeness (QED) is 0.498. The van der Waals surface area contributed by atoms with Gasteiger partial charge in [-0.2, -0.15) is 8.42 Å². The Labute approximate surface area is 203 Å². The summed E-state index contributed by atoms with van der Waals surface area (Å²) in [5, 5.41) is 14.1. The van der Waals surface area contributed by atoms with Gasteiger partial charge in [0.25, 0.3) is 15.9 Å². The number of benzene rings is 3. The molecule has 2 aliphatic rings. The number of aliphatic hydroxyl groups is 1. The minimum atomic E-state index is -4.09. The number of nitrogens with one attached hydrogen (secondary N) is 1. The number of halogens is 2. The Balaban J connectivity index is 1.62. The molecule has 0 bridgehead atoms. The van der Waals surface area contributed by atoms with Gasteiger partial charge in [0, 0.05) is 11.0 Å². The number of sulfonamides is 1. The topological polar surface area (TPSA) is 99.1 Å². The van der Waals surface area contributed by atoms with Crippen LogP contribution in [0.4, 0.5) is 10.1 Å². The molecule has 7 nitrogen and oxygen atoms in total. The third kappa shape index (κ3) is 3.88. The minimum absolute atomic E-state index is 0.0228. The SMILES string of the molecule is O=C1C(C2=NS(=O)(=O)c3ccccc3N2)=C(O)C(c2ccc(F)cc2)N1Cc1cccc(Br)c1. The summed E-state index contributed by atoms with van der Waals surface area (Å²) in [5.74, 6) is -1.69. The van der Waals surface area contributed by atoms with Crippen LogP contribution >= 0.6 is 15.9 Å². The number of hydrogen-bond donors (Lipinski definition) is 2. The molecule has 0 fully saturated rings. The summed E-state index contributed by atoms with van der Waals surface area (Å²) in [5.41, 5.74) is 1.25. The maximum atomic E-state index is 13.6. The third-order valence-corrected chi connectivity index (χ3v) is 7.42. The molecule has 10 heteroatoms. The van der Waals surface area contributed by atoms with Crippen LogP contribution in [0.2, 0.25) is 0 Å². The minimum Gasteiger partial charge on any atom is -0.509 e. The number of anilines is 1. The Bertz CT molecular complexity index is 1490. The first kappa shape index (κ1) is 22.3. The molecule has 3 aromatic carbocycles. The monoisotopic (exact) mass is 541 g/mol. The third-order valence-electron chi connectivity index (χ3n) is 5.60. The van der Waals surface area contributed by atoms with Gasteiger partial charge >= 0.3 is 0 Å². The largest absolute Gasteiger partial charge is 0.509 e. The van der Waals surface area contributed by atoms with Gasteiger partial charge in [-0.1, -0.05) is 52.3 Å². The molecule has 2 heterocycles. The number of amides is 1. The summed E-state index contributed by atoms with van der Waals surface area (Å²) >= 11 is 3.41. The van der Waals surface area contributed by atoms with Crippen LogP contribution in [0.1, 0.15) is 17.2 Å². The van der Waals surface area contributed by atoms with Crippen LogP contribution in [0.3, 0.4) is 0 Å². The fourth-order valence-electron chi connectivity index (χ4n) is 4.08. The molecule has 2 N–H and O–H groups in total. The van der Waals surface area contributed by atoms with E-state index in [1.54, 1.807) is 18.2 Å². The molecular weight excluding hydrogens is 525 g/mol. The summed E-state index contributed by atoms with van der Waals surface area (Å²) in [6.45, 7) is 0.116. The highest BCUT2D eigenvalue weighted by Crippen LogP contribution is 2.40. The molecule has 1 unspecified atom stereocenters. The van der Waals surface area contributed by atoms with Crippen LogP contribution in [0.25, 0.3) is 0 Å². The van der Waals surface area contributed by atoms with Crippen LogP contribution in [-0.2, 0) is 21.4 Å². The lowest BCUT2D eigenvalue weighted by molar-refractivity contribution is -0.127. The molecule has 1 amide bonds. The summed E-state index contributed by atoms with van der Waals surface area (Å²) in [4.78, 5) is 15.0. The smallest absolute Gasteiger partial charge is 0.286 e. The van der Waals surface area contributed by atoms with Crippen molar-refractivity contribution in [3.05, 3.63) is 106 Å². The van der Waals surface area contributed by atoms with E-state index in [0.717, 1.165) is 10.0 Å². The average Bonchev–Trinajstić information content (AvgIpc) is 3.03. The predicted octanol–water partition coefficient (Wildman–Crippen LogP) is 4.70. The Morgan fingerprint density at radius 1 is 1.06 bits per heavy atom. The van der Waals surface area contributed by atoms with Crippen molar-refractivity contribution in [1.82, 2.24) is 4.90 Å². The fourth-order valence-corrected chi connectivity index (χ4v) is 5.65. The normalized spacial score (nSPS) is 19.0. The Kier molecular flexibility index (Phi) is 5.49. The first-order valence-corrected chi connectivity index (χ1v) is 12.4. The zero-order chi connectivity index (χ0) is 24.0. The van der Waals surface area contributed by atoms with E-state index in [1.807, 2.05) is 24.3 Å². The van der Waals surface area contributed by atoms with E-state index in [9.17, 15) is 22.7 Å². The van der Waals surface area contributed by atoms with Crippen molar-refractivity contribution in [2.24, 2.45) is 4.40 Å². The molecule has 0 saturated heterocycles. The molecule has 3 aromatic rings. The lowest BCUT2D eigenvalue weighted by Crippen LogP contribution is -2.33. The highest BCUT2D eigenvalue weighted by Gasteiger charge is 2.44. The molecule has 0 spiro atoms. The van der Waals surface area contributed by atoms with E-state index < -0.39 is 27.8 Å². The van der Waals surface area contributed by atoms with Gasteiger partial charge in [0.2, 0.25) is 0 Å². The number of rotatable bonds is 4. The fraction of sp³-hybridized carbons (Fsp3) is 0.0833. The van der Waals surface area contributed by atoms with Crippen LogP contribution in [-0.4, -0.2) is 30.2 Å². The number of para-hydroxylation sites is 1. The van der Waals surface area contributed by atoms with Gasteiger partial charge in [-0.3, -0.25) is 4.79 Å². The van der Waals surface area contributed by atoms with Crippen LogP contribution in [0, 0.1) is 5.82 Å². The first-order valence-electron chi connectivity index (χ1n) is 10.2. The van der Waals surface area contributed by atoms with E-state index in [0.29, 0.717) is 5.56 Å². The van der Waals surface area contributed by atoms with Crippen molar-refractivity contribution < 1.29 is 22.7 Å². The zero-order valence-electron chi connectivity index (χ0n) is 17.4. The number of amidine groups is 1. The number of carbonyl (C=O) groups is 1. The number of carbonyl (C=O) groups excluding carboxylic acids is 1. The highest BCUT2D eigenvalue weighted by atomic mass is 79.9. The van der Waals surface area contributed by atoms with Crippen LogP contribution in [0.15, 0.2) is 97.9 Å². The maximum absolute atomic E-state index is 13.6. The van der Waals surface area contributed by atoms with Crippen LogP contribution < -0.4 is 5.32 Å². The van der Waals surface area contributed by atoms with Crippen molar-refractivity contribution in [2.75, 3.05) is 5.32 Å². The van der Waals surface area contributed by atoms with Crippen molar-refractivity contribution in [3.63, 3.8) is 0 Å². The van der Waals surface area contributed by atoms with E-state index in [4.69, 9.17) is 0 Å². The summed E-state index contributed by atoms with van der Waals surface area (Å²) < 4.78 is 43.7. The summed E-state index contributed by atoms with van der Waals surface area (Å²) in [6, 6.07) is 18.0. The number of fused-ring (bicyclic) bond motifs is 1. The molecule has 0 aromatic heterocycles. The van der Waals surface area contributed by atoms with Crippen molar-refractivity contribution in [1.29, 1.82) is 0 Å². The van der Waals surface area contributed by atoms with E-state index in [2.05, 4.69) is 25.6 Å². The van der Waals surface area contributed by atoms with Gasteiger partial charge in [0.15, 0.2) is 5.84 Å². The zero-order valence-corrected chi connectivity index (χ0v) is 19.8. The van der Waals surface area contributed by atoms with Gasteiger partial charge in [-0.25, -0.2) is 4.39 Å². The second-order valence-corrected chi connectivity index (χ2v) is 10.3. The maximum Gasteiger partial charge on any atom is 0.286 e. The lowest BCUT2D eigenvalue weighted by atomic mass is 10.0. The van der Waals surface area contributed by atoms with E-state index in [-0.39, 0.29) is 34.3 Å². The molecule has 0 saturated carbocycles. The van der Waals surface area contributed by atoms with Gasteiger partial charge in [0.1, 0.15) is 28.1 Å². The van der Waals surface area contributed by atoms with Crippen molar-refractivity contribution in [2.45, 2.75) is 17.5 Å². The first-order chi connectivity index (χ1) is 16.2. The second-order valence-electron chi connectivity index (χ2n) is 7.81. The van der Waals surface area contributed by atoms with Gasteiger partial charge in [-0.15, -0.1) is 4.40 Å². The predicted molar refractivity (Wildman–Crippen MR) is 128 cm³/mol. The Morgan fingerprint density at radius 3 is 2.53 bits per heavy atom. The standard InChI is InChI=1S/C24H17BrFN3O4S/c25-16-5-3-4-14(12-16)13-29-21(15-8-10-17(26)11-9-15)22(30)20(24(29)31)23-27-18-6-1-2-7-19(18)34(32,33)28-23/h1-12,21,30H,13H2,(H,27,28). The average molecular weight is 542 g/mol. The molecule has 0 radical (unpaired) electrons. The highest BCUT2D eigenvalue weighted by molar-refractivity contribution is 9.10. The number of nitrogens with zero attached hydrogens (tertiary/aromatic N) is 2. The summed E-state index contributed by atoms with van der Waals surface area (Å²) in [6.07, 6.45) is 0. The van der Waals surface area contributed by atoms with E-state index in [1.165, 1.54) is 35.2 Å². The molecule has 5 rings (SSSR count). The Morgan fingerprint density at radius 2 is 1.79 bits per heavy atom. The second kappa shape index (κ2) is 8.37. The summed E-state index contributed by atoms with van der Waals surface area (Å²) in [7, 11) is -4.09. The van der Waals surface area contributed by atoms with Crippen molar-refractivity contribution in [3.8, 4) is 0 Å². The molecule has 0 aliphatic carbocycles. The van der Waals surface area contributed by atoms with Gasteiger partial charge < -0.3 is 15.3 Å². The Hall–Kier alpha value is -3.50. The van der Waals surface area contributed by atoms with Crippen LogP contribution in [0.5, 0.6) is 0 Å². The molecule has 172 valence electrons. The number of aliphatic hydroxyl groups excluding tert-OH is 1. The molecule has 1 atom stereocenters. The van der Waals surface area contributed by atoms with Gasteiger partial charge in [-0.05, 0) is 47.5 Å². The number of hydrogen-bond acceptors (Lipinski definition) is 5.